The summed E-state index contributed by atoms with van der Waals surface area (Å²) in [7, 11) is 0. The molecule has 1 aromatic rings. The zero-order valence-electron chi connectivity index (χ0n) is 8.68. The molecule has 1 saturated heterocycles. The molecule has 0 aromatic carbocycles. The number of nitrogens with two attached hydrogens (primary N) is 1. The van der Waals surface area contributed by atoms with Crippen molar-refractivity contribution in [3.05, 3.63) is 17.8 Å². The molecule has 15 heavy (non-hydrogen) atoms. The van der Waals surface area contributed by atoms with Crippen molar-refractivity contribution in [3.63, 3.8) is 0 Å². The molecule has 1 atom stereocenters. The van der Waals surface area contributed by atoms with E-state index in [1.54, 1.807) is 12.1 Å². The quantitative estimate of drug-likeness (QED) is 0.733. The first kappa shape index (κ1) is 9.89. The first-order valence-electron chi connectivity index (χ1n) is 5.08. The van der Waals surface area contributed by atoms with Crippen molar-refractivity contribution in [2.24, 2.45) is 0 Å². The third-order valence-corrected chi connectivity index (χ3v) is 2.72. The molecule has 0 spiro atoms. The second kappa shape index (κ2) is 3.84. The van der Waals surface area contributed by atoms with E-state index in [2.05, 4.69) is 17.1 Å². The minimum Gasteiger partial charge on any atom is -0.382 e. The third-order valence-electron chi connectivity index (χ3n) is 2.72. The van der Waals surface area contributed by atoms with Gasteiger partial charge in [-0.2, -0.15) is 0 Å². The Labute approximate surface area is 88.3 Å². The Bertz CT molecular complexity index is 362. The van der Waals surface area contributed by atoms with Crippen LogP contribution < -0.4 is 5.73 Å². The predicted octanol–water partition coefficient (Wildman–Crippen LogP) is 0.683. The number of carbonyl (C=O) groups excluding carboxylic acids is 1. The van der Waals surface area contributed by atoms with Gasteiger partial charge in [0.1, 0.15) is 5.82 Å². The van der Waals surface area contributed by atoms with Gasteiger partial charge in [0.05, 0.1) is 0 Å². The molecule has 0 saturated carbocycles. The van der Waals surface area contributed by atoms with Crippen LogP contribution in [0.15, 0.2) is 12.1 Å². The summed E-state index contributed by atoms with van der Waals surface area (Å²) in [5.74, 6) is 0.286. The van der Waals surface area contributed by atoms with Gasteiger partial charge in [0, 0.05) is 12.6 Å². The zero-order chi connectivity index (χ0) is 10.8. The molecular weight excluding hydrogens is 192 g/mol. The van der Waals surface area contributed by atoms with E-state index >= 15 is 0 Å². The lowest BCUT2D eigenvalue weighted by Gasteiger charge is -2.20. The van der Waals surface area contributed by atoms with Crippen molar-refractivity contribution in [3.8, 4) is 0 Å². The fraction of sp³-hybridized carbons (Fsp3) is 0.500. The van der Waals surface area contributed by atoms with Gasteiger partial charge in [-0.15, -0.1) is 10.2 Å². The molecule has 2 rings (SSSR count). The molecular formula is C10H14N4O. The molecule has 1 fully saturated rings. The molecule has 5 heteroatoms. The van der Waals surface area contributed by atoms with Gasteiger partial charge in [-0.1, -0.05) is 0 Å². The van der Waals surface area contributed by atoms with Crippen LogP contribution in [0.4, 0.5) is 5.82 Å². The molecule has 1 amide bonds. The normalized spacial score (nSPS) is 20.6. The Morgan fingerprint density at radius 3 is 2.87 bits per heavy atom. The van der Waals surface area contributed by atoms with E-state index in [4.69, 9.17) is 5.73 Å². The maximum absolute atomic E-state index is 12.0. The standard InChI is InChI=1S/C10H14N4O/c1-7-3-2-6-14(7)10(15)8-4-5-9(11)13-12-8/h4-5,7H,2-3,6H2,1H3,(H2,11,13). The van der Waals surface area contributed by atoms with E-state index in [9.17, 15) is 4.79 Å². The summed E-state index contributed by atoms with van der Waals surface area (Å²) in [5, 5.41) is 7.47. The number of hydrogen-bond donors (Lipinski definition) is 1. The Hall–Kier alpha value is -1.65. The van der Waals surface area contributed by atoms with Gasteiger partial charge in [0.2, 0.25) is 0 Å². The molecule has 0 radical (unpaired) electrons. The Morgan fingerprint density at radius 1 is 1.53 bits per heavy atom. The lowest BCUT2D eigenvalue weighted by atomic mass is 10.2. The van der Waals surface area contributed by atoms with Crippen LogP contribution in [0, 0.1) is 0 Å². The second-order valence-electron chi connectivity index (χ2n) is 3.83. The summed E-state index contributed by atoms with van der Waals surface area (Å²) in [5.41, 5.74) is 5.78. The summed E-state index contributed by atoms with van der Waals surface area (Å²) in [6, 6.07) is 3.52. The molecule has 0 bridgehead atoms. The number of rotatable bonds is 1. The van der Waals surface area contributed by atoms with Crippen molar-refractivity contribution in [1.29, 1.82) is 0 Å². The summed E-state index contributed by atoms with van der Waals surface area (Å²) in [6.07, 6.45) is 2.13. The van der Waals surface area contributed by atoms with E-state index in [1.807, 2.05) is 4.90 Å². The molecule has 5 nitrogen and oxygen atoms in total. The van der Waals surface area contributed by atoms with Crippen LogP contribution in [0.5, 0.6) is 0 Å². The van der Waals surface area contributed by atoms with Gasteiger partial charge < -0.3 is 10.6 Å². The monoisotopic (exact) mass is 206 g/mol. The average Bonchev–Trinajstić information content (AvgIpc) is 2.65. The van der Waals surface area contributed by atoms with Gasteiger partial charge in [0.15, 0.2) is 5.69 Å². The Morgan fingerprint density at radius 2 is 2.33 bits per heavy atom. The number of hydrogen-bond acceptors (Lipinski definition) is 4. The van der Waals surface area contributed by atoms with Gasteiger partial charge in [-0.3, -0.25) is 4.79 Å². The molecule has 1 unspecified atom stereocenters. The van der Waals surface area contributed by atoms with Crippen LogP contribution in [0.1, 0.15) is 30.3 Å². The van der Waals surface area contributed by atoms with E-state index in [0.29, 0.717) is 17.6 Å². The number of nitrogen functional groups attached to an aromatic ring is 1. The van der Waals surface area contributed by atoms with Crippen molar-refractivity contribution >= 4 is 11.7 Å². The third kappa shape index (κ3) is 1.91. The van der Waals surface area contributed by atoms with Crippen LogP contribution in [0.3, 0.4) is 0 Å². The van der Waals surface area contributed by atoms with Crippen molar-refractivity contribution < 1.29 is 4.79 Å². The highest BCUT2D eigenvalue weighted by Gasteiger charge is 2.26. The van der Waals surface area contributed by atoms with Crippen molar-refractivity contribution in [2.75, 3.05) is 12.3 Å². The van der Waals surface area contributed by atoms with Gasteiger partial charge in [0.25, 0.3) is 5.91 Å². The summed E-state index contributed by atoms with van der Waals surface area (Å²) < 4.78 is 0. The highest BCUT2D eigenvalue weighted by molar-refractivity contribution is 5.92. The van der Waals surface area contributed by atoms with E-state index in [1.165, 1.54) is 0 Å². The van der Waals surface area contributed by atoms with E-state index in [0.717, 1.165) is 19.4 Å². The van der Waals surface area contributed by atoms with Crippen LogP contribution >= 0.6 is 0 Å². The second-order valence-corrected chi connectivity index (χ2v) is 3.83. The predicted molar refractivity (Wildman–Crippen MR) is 56.2 cm³/mol. The highest BCUT2D eigenvalue weighted by atomic mass is 16.2. The zero-order valence-corrected chi connectivity index (χ0v) is 8.68. The first-order chi connectivity index (χ1) is 7.18. The molecule has 2 heterocycles. The van der Waals surface area contributed by atoms with Crippen molar-refractivity contribution in [1.82, 2.24) is 15.1 Å². The van der Waals surface area contributed by atoms with Crippen LogP contribution in [0.25, 0.3) is 0 Å². The maximum Gasteiger partial charge on any atom is 0.274 e. The van der Waals surface area contributed by atoms with Crippen LogP contribution in [-0.4, -0.2) is 33.6 Å². The highest BCUT2D eigenvalue weighted by Crippen LogP contribution is 2.18. The number of nitrogens with zero attached hydrogens (tertiary/aromatic N) is 3. The lowest BCUT2D eigenvalue weighted by molar-refractivity contribution is 0.0740. The average molecular weight is 206 g/mol. The minimum absolute atomic E-state index is 0.0486. The number of likely N-dealkylation sites (tertiary alicyclic amines) is 1. The van der Waals surface area contributed by atoms with Crippen LogP contribution in [0.2, 0.25) is 0 Å². The largest absolute Gasteiger partial charge is 0.382 e. The SMILES string of the molecule is CC1CCCN1C(=O)c1ccc(N)nn1. The van der Waals surface area contributed by atoms with Gasteiger partial charge in [-0.25, -0.2) is 0 Å². The number of anilines is 1. The molecule has 0 aliphatic carbocycles. The van der Waals surface area contributed by atoms with E-state index in [-0.39, 0.29) is 5.91 Å². The van der Waals surface area contributed by atoms with Gasteiger partial charge >= 0.3 is 0 Å². The number of aromatic nitrogens is 2. The number of carbonyl (C=O) groups is 1. The smallest absolute Gasteiger partial charge is 0.274 e. The Balaban J connectivity index is 2.17. The van der Waals surface area contributed by atoms with Crippen LogP contribution in [-0.2, 0) is 0 Å². The molecule has 80 valence electrons. The molecule has 2 N–H and O–H groups in total. The summed E-state index contributed by atoms with van der Waals surface area (Å²) in [6.45, 7) is 2.86. The van der Waals surface area contributed by atoms with Gasteiger partial charge in [-0.05, 0) is 31.9 Å². The minimum atomic E-state index is -0.0486. The molecule has 1 aliphatic rings. The Kier molecular flexibility index (Phi) is 2.53. The fourth-order valence-corrected chi connectivity index (χ4v) is 1.84. The summed E-state index contributed by atoms with van der Waals surface area (Å²) in [4.78, 5) is 13.8. The fourth-order valence-electron chi connectivity index (χ4n) is 1.84. The van der Waals surface area contributed by atoms with Crippen molar-refractivity contribution in [2.45, 2.75) is 25.8 Å². The molecule has 1 aromatic heterocycles. The summed E-state index contributed by atoms with van der Waals surface area (Å²) >= 11 is 0. The number of amides is 1. The van der Waals surface area contributed by atoms with E-state index < -0.39 is 0 Å². The lowest BCUT2D eigenvalue weighted by Crippen LogP contribution is -2.34. The first-order valence-corrected chi connectivity index (χ1v) is 5.08. The maximum atomic E-state index is 12.0. The molecule has 1 aliphatic heterocycles. The topological polar surface area (TPSA) is 72.1 Å².